The van der Waals surface area contributed by atoms with Crippen LogP contribution in [0, 0.1) is 0 Å². The molecule has 144 valence electrons. The maximum atomic E-state index is 12.8. The smallest absolute Gasteiger partial charge is 0.254 e. The Labute approximate surface area is 159 Å². The highest BCUT2D eigenvalue weighted by molar-refractivity contribution is 7.89. The molecule has 0 unspecified atom stereocenters. The number of carbonyl (C=O) groups excluding carboxylic acids is 1. The van der Waals surface area contributed by atoms with Crippen molar-refractivity contribution >= 4 is 15.9 Å². The molecule has 1 amide bonds. The SMILES string of the molecule is CCN(Cc1ccc2c(c1)OCO2)C(=O)c1ccc(S(=O)(=O)N(C)C)cc1. The Morgan fingerprint density at radius 3 is 2.33 bits per heavy atom. The van der Waals surface area contributed by atoms with Crippen molar-refractivity contribution in [2.45, 2.75) is 18.4 Å². The third kappa shape index (κ3) is 3.91. The van der Waals surface area contributed by atoms with Crippen LogP contribution in [0.2, 0.25) is 0 Å². The van der Waals surface area contributed by atoms with Gasteiger partial charge in [0.2, 0.25) is 16.8 Å². The molecule has 0 spiro atoms. The first-order valence-electron chi connectivity index (χ1n) is 8.53. The molecular formula is C19H22N2O5S. The minimum atomic E-state index is -3.52. The Balaban J connectivity index is 1.77. The summed E-state index contributed by atoms with van der Waals surface area (Å²) in [5, 5.41) is 0. The minimum absolute atomic E-state index is 0.155. The summed E-state index contributed by atoms with van der Waals surface area (Å²) in [7, 11) is -0.575. The Morgan fingerprint density at radius 1 is 1.04 bits per heavy atom. The van der Waals surface area contributed by atoms with Crippen LogP contribution in [0.5, 0.6) is 11.5 Å². The van der Waals surface area contributed by atoms with E-state index in [0.29, 0.717) is 30.2 Å². The normalized spacial score (nSPS) is 13.0. The maximum absolute atomic E-state index is 12.8. The van der Waals surface area contributed by atoms with E-state index in [1.54, 1.807) is 17.0 Å². The molecule has 0 N–H and O–H groups in total. The van der Waals surface area contributed by atoms with Crippen LogP contribution in [-0.4, -0.2) is 51.0 Å². The second-order valence-electron chi connectivity index (χ2n) is 6.32. The number of benzene rings is 2. The average Bonchev–Trinajstić information content (AvgIpc) is 3.13. The van der Waals surface area contributed by atoms with Gasteiger partial charge in [0.05, 0.1) is 4.90 Å². The molecule has 0 aromatic heterocycles. The van der Waals surface area contributed by atoms with E-state index >= 15 is 0 Å². The van der Waals surface area contributed by atoms with Crippen LogP contribution < -0.4 is 9.47 Å². The molecule has 0 bridgehead atoms. The molecule has 27 heavy (non-hydrogen) atoms. The van der Waals surface area contributed by atoms with Gasteiger partial charge in [0.1, 0.15) is 0 Å². The number of fused-ring (bicyclic) bond motifs is 1. The van der Waals surface area contributed by atoms with Crippen molar-refractivity contribution in [2.75, 3.05) is 27.4 Å². The maximum Gasteiger partial charge on any atom is 0.254 e. The molecule has 0 atom stereocenters. The molecule has 0 aliphatic carbocycles. The van der Waals surface area contributed by atoms with E-state index in [-0.39, 0.29) is 17.6 Å². The van der Waals surface area contributed by atoms with Crippen molar-refractivity contribution < 1.29 is 22.7 Å². The zero-order chi connectivity index (χ0) is 19.6. The monoisotopic (exact) mass is 390 g/mol. The van der Waals surface area contributed by atoms with E-state index in [4.69, 9.17) is 9.47 Å². The first kappa shape index (κ1) is 19.2. The average molecular weight is 390 g/mol. The standard InChI is InChI=1S/C19H22N2O5S/c1-4-21(12-14-5-10-17-18(11-14)26-13-25-17)19(22)15-6-8-16(9-7-15)27(23,24)20(2)3/h5-11H,4,12-13H2,1-3H3. The number of amides is 1. The number of sulfonamides is 1. The molecular weight excluding hydrogens is 368 g/mol. The van der Waals surface area contributed by atoms with Crippen LogP contribution in [0.25, 0.3) is 0 Å². The summed E-state index contributed by atoms with van der Waals surface area (Å²) in [4.78, 5) is 14.7. The van der Waals surface area contributed by atoms with E-state index in [0.717, 1.165) is 9.87 Å². The third-order valence-corrected chi connectivity index (χ3v) is 6.19. The van der Waals surface area contributed by atoms with Gasteiger partial charge in [-0.15, -0.1) is 0 Å². The summed E-state index contributed by atoms with van der Waals surface area (Å²) < 4.78 is 36.1. The minimum Gasteiger partial charge on any atom is -0.454 e. The number of ether oxygens (including phenoxy) is 2. The van der Waals surface area contributed by atoms with E-state index < -0.39 is 10.0 Å². The van der Waals surface area contributed by atoms with Gasteiger partial charge in [0, 0.05) is 32.7 Å². The van der Waals surface area contributed by atoms with Gasteiger partial charge in [0.25, 0.3) is 5.91 Å². The Morgan fingerprint density at radius 2 is 1.70 bits per heavy atom. The first-order chi connectivity index (χ1) is 12.8. The number of hydrogen-bond acceptors (Lipinski definition) is 5. The zero-order valence-electron chi connectivity index (χ0n) is 15.5. The highest BCUT2D eigenvalue weighted by atomic mass is 32.2. The Hall–Kier alpha value is -2.58. The molecule has 7 nitrogen and oxygen atoms in total. The van der Waals surface area contributed by atoms with E-state index in [1.807, 2.05) is 25.1 Å². The molecule has 0 saturated heterocycles. The number of hydrogen-bond donors (Lipinski definition) is 0. The first-order valence-corrected chi connectivity index (χ1v) is 9.97. The lowest BCUT2D eigenvalue weighted by atomic mass is 10.1. The molecule has 1 heterocycles. The van der Waals surface area contributed by atoms with Gasteiger partial charge in [-0.25, -0.2) is 12.7 Å². The largest absolute Gasteiger partial charge is 0.454 e. The lowest BCUT2D eigenvalue weighted by molar-refractivity contribution is 0.0752. The van der Waals surface area contributed by atoms with E-state index in [2.05, 4.69) is 0 Å². The van der Waals surface area contributed by atoms with Gasteiger partial charge in [0.15, 0.2) is 11.5 Å². The van der Waals surface area contributed by atoms with Crippen molar-refractivity contribution in [1.29, 1.82) is 0 Å². The van der Waals surface area contributed by atoms with Gasteiger partial charge < -0.3 is 14.4 Å². The predicted molar refractivity (Wildman–Crippen MR) is 100 cm³/mol. The highest BCUT2D eigenvalue weighted by Gasteiger charge is 2.20. The quantitative estimate of drug-likeness (QED) is 0.757. The topological polar surface area (TPSA) is 76.1 Å². The van der Waals surface area contributed by atoms with Crippen LogP contribution in [0.1, 0.15) is 22.8 Å². The van der Waals surface area contributed by atoms with Crippen molar-refractivity contribution in [3.63, 3.8) is 0 Å². The molecule has 2 aromatic carbocycles. The zero-order valence-corrected chi connectivity index (χ0v) is 16.3. The summed E-state index contributed by atoms with van der Waals surface area (Å²) in [6, 6.07) is 11.6. The second kappa shape index (κ2) is 7.58. The summed E-state index contributed by atoms with van der Waals surface area (Å²) in [5.41, 5.74) is 1.37. The molecule has 3 rings (SSSR count). The molecule has 0 fully saturated rings. The summed E-state index contributed by atoms with van der Waals surface area (Å²) in [6.45, 7) is 3.04. The molecule has 0 radical (unpaired) electrons. The highest BCUT2D eigenvalue weighted by Crippen LogP contribution is 2.32. The predicted octanol–water partition coefficient (Wildman–Crippen LogP) is 2.33. The van der Waals surface area contributed by atoms with Gasteiger partial charge >= 0.3 is 0 Å². The summed E-state index contributed by atoms with van der Waals surface area (Å²) >= 11 is 0. The van der Waals surface area contributed by atoms with Gasteiger partial charge in [-0.1, -0.05) is 6.07 Å². The number of rotatable bonds is 6. The van der Waals surface area contributed by atoms with Gasteiger partial charge in [-0.05, 0) is 48.9 Å². The van der Waals surface area contributed by atoms with Crippen LogP contribution in [0.3, 0.4) is 0 Å². The fraction of sp³-hybridized carbons (Fsp3) is 0.316. The fourth-order valence-corrected chi connectivity index (χ4v) is 3.65. The van der Waals surface area contributed by atoms with Crippen molar-refractivity contribution in [1.82, 2.24) is 9.21 Å². The van der Waals surface area contributed by atoms with Crippen molar-refractivity contribution in [3.8, 4) is 11.5 Å². The van der Waals surface area contributed by atoms with Crippen LogP contribution >= 0.6 is 0 Å². The number of carbonyl (C=O) groups is 1. The fourth-order valence-electron chi connectivity index (χ4n) is 2.75. The van der Waals surface area contributed by atoms with Gasteiger partial charge in [-0.2, -0.15) is 0 Å². The van der Waals surface area contributed by atoms with E-state index in [9.17, 15) is 13.2 Å². The van der Waals surface area contributed by atoms with E-state index in [1.165, 1.54) is 26.2 Å². The van der Waals surface area contributed by atoms with Crippen molar-refractivity contribution in [3.05, 3.63) is 53.6 Å². The number of nitrogens with zero attached hydrogens (tertiary/aromatic N) is 2. The molecule has 0 saturated carbocycles. The Kier molecular flexibility index (Phi) is 5.38. The van der Waals surface area contributed by atoms with Crippen LogP contribution in [0.15, 0.2) is 47.4 Å². The second-order valence-corrected chi connectivity index (χ2v) is 8.47. The van der Waals surface area contributed by atoms with Gasteiger partial charge in [-0.3, -0.25) is 4.79 Å². The van der Waals surface area contributed by atoms with Crippen molar-refractivity contribution in [2.24, 2.45) is 0 Å². The molecule has 1 aliphatic heterocycles. The summed E-state index contributed by atoms with van der Waals surface area (Å²) in [6.07, 6.45) is 0. The summed E-state index contributed by atoms with van der Waals surface area (Å²) in [5.74, 6) is 1.21. The lowest BCUT2D eigenvalue weighted by Gasteiger charge is -2.21. The lowest BCUT2D eigenvalue weighted by Crippen LogP contribution is -2.30. The van der Waals surface area contributed by atoms with Crippen LogP contribution in [-0.2, 0) is 16.6 Å². The molecule has 1 aliphatic rings. The molecule has 8 heteroatoms. The van der Waals surface area contributed by atoms with Crippen LogP contribution in [0.4, 0.5) is 0 Å². The third-order valence-electron chi connectivity index (χ3n) is 4.36. The molecule has 2 aromatic rings. The Bertz CT molecular complexity index is 939.